The monoisotopic (exact) mass is 392 g/mol. The lowest BCUT2D eigenvalue weighted by Crippen LogP contribution is -2.22. The molecule has 0 atom stereocenters. The molecular weight excluding hydrogens is 374 g/mol. The third-order valence-corrected chi connectivity index (χ3v) is 5.03. The molecule has 27 heavy (non-hydrogen) atoms. The number of amides is 1. The Labute approximate surface area is 158 Å². The Hall–Kier alpha value is -2.81. The molecule has 0 bridgehead atoms. The zero-order valence-electron chi connectivity index (χ0n) is 14.8. The molecule has 2 heterocycles. The van der Waals surface area contributed by atoms with Crippen LogP contribution in [0.15, 0.2) is 34.6 Å². The average Bonchev–Trinajstić information content (AvgIpc) is 3.12. The molecule has 6 nitrogen and oxygen atoms in total. The van der Waals surface area contributed by atoms with E-state index in [4.69, 9.17) is 0 Å². The maximum Gasteiger partial charge on any atom is 0.307 e. The van der Waals surface area contributed by atoms with Gasteiger partial charge in [0.1, 0.15) is 17.5 Å². The Kier molecular flexibility index (Phi) is 5.50. The summed E-state index contributed by atoms with van der Waals surface area (Å²) >= 11 is 1.09. The number of hydrogen-bond acceptors (Lipinski definition) is 4. The first-order valence-electron chi connectivity index (χ1n) is 8.26. The molecule has 0 saturated carbocycles. The largest absolute Gasteiger partial charge is 0.311 e. The van der Waals surface area contributed by atoms with Crippen molar-refractivity contribution in [3.05, 3.63) is 67.9 Å². The number of carbonyl (C=O) groups is 1. The summed E-state index contributed by atoms with van der Waals surface area (Å²) in [6, 6.07) is 3.20. The number of carbonyl (C=O) groups excluding carboxylic acids is 1. The van der Waals surface area contributed by atoms with E-state index in [1.165, 1.54) is 9.25 Å². The fourth-order valence-corrected chi connectivity index (χ4v) is 3.43. The van der Waals surface area contributed by atoms with E-state index in [2.05, 4.69) is 10.4 Å². The van der Waals surface area contributed by atoms with Crippen molar-refractivity contribution in [3.8, 4) is 0 Å². The normalized spacial score (nSPS) is 11.0. The lowest BCUT2D eigenvalue weighted by atomic mass is 10.2. The molecule has 3 rings (SSSR count). The van der Waals surface area contributed by atoms with Crippen molar-refractivity contribution in [3.63, 3.8) is 0 Å². The summed E-state index contributed by atoms with van der Waals surface area (Å²) in [6.45, 7) is 3.82. The molecule has 1 N–H and O–H groups in total. The number of aromatic nitrogens is 3. The minimum Gasteiger partial charge on any atom is -0.311 e. The first-order chi connectivity index (χ1) is 12.8. The predicted octanol–water partition coefficient (Wildman–Crippen LogP) is 3.08. The number of aryl methyl sites for hydroxylation is 2. The number of nitrogens with one attached hydrogen (secondary N) is 1. The molecule has 1 aromatic carbocycles. The number of hydrogen-bond donors (Lipinski definition) is 1. The molecule has 142 valence electrons. The second-order valence-corrected chi connectivity index (χ2v) is 6.98. The molecule has 0 aliphatic carbocycles. The van der Waals surface area contributed by atoms with Gasteiger partial charge in [-0.25, -0.2) is 13.5 Å². The van der Waals surface area contributed by atoms with Crippen LogP contribution >= 0.6 is 11.3 Å². The van der Waals surface area contributed by atoms with E-state index < -0.39 is 11.6 Å². The molecule has 2 aromatic heterocycles. The minimum absolute atomic E-state index is 0.0177. The van der Waals surface area contributed by atoms with Crippen LogP contribution in [0.1, 0.15) is 23.2 Å². The maximum absolute atomic E-state index is 13.9. The van der Waals surface area contributed by atoms with Crippen molar-refractivity contribution in [2.45, 2.75) is 33.4 Å². The van der Waals surface area contributed by atoms with Gasteiger partial charge in [0.15, 0.2) is 0 Å². The predicted molar refractivity (Wildman–Crippen MR) is 99.0 cm³/mol. The van der Waals surface area contributed by atoms with E-state index in [9.17, 15) is 18.4 Å². The van der Waals surface area contributed by atoms with Gasteiger partial charge in [-0.15, -0.1) is 0 Å². The Morgan fingerprint density at radius 2 is 2.07 bits per heavy atom. The van der Waals surface area contributed by atoms with Crippen LogP contribution in [0.25, 0.3) is 0 Å². The highest BCUT2D eigenvalue weighted by Crippen LogP contribution is 2.18. The van der Waals surface area contributed by atoms with E-state index in [1.807, 2.05) is 6.92 Å². The second kappa shape index (κ2) is 7.83. The minimum atomic E-state index is -0.547. The Morgan fingerprint density at radius 1 is 1.30 bits per heavy atom. The highest BCUT2D eigenvalue weighted by atomic mass is 32.1. The zero-order chi connectivity index (χ0) is 19.6. The SMILES string of the molecule is Cc1cnn(Cc2cc(F)ccc2F)c1NC(=O)CCn1c(C)csc1=O. The van der Waals surface area contributed by atoms with E-state index in [0.29, 0.717) is 11.4 Å². The molecule has 3 aromatic rings. The first kappa shape index (κ1) is 19.0. The summed E-state index contributed by atoms with van der Waals surface area (Å²) in [7, 11) is 0. The Bertz CT molecular complexity index is 1040. The molecule has 0 unspecified atom stereocenters. The van der Waals surface area contributed by atoms with Crippen LogP contribution in [-0.2, 0) is 17.9 Å². The van der Waals surface area contributed by atoms with Crippen molar-refractivity contribution >= 4 is 23.1 Å². The van der Waals surface area contributed by atoms with Gasteiger partial charge in [-0.05, 0) is 32.0 Å². The van der Waals surface area contributed by atoms with Gasteiger partial charge in [0.2, 0.25) is 5.91 Å². The van der Waals surface area contributed by atoms with Crippen molar-refractivity contribution in [1.29, 1.82) is 0 Å². The number of thiazole rings is 1. The molecule has 0 aliphatic heterocycles. The highest BCUT2D eigenvalue weighted by molar-refractivity contribution is 7.07. The summed E-state index contributed by atoms with van der Waals surface area (Å²) in [5.41, 5.74) is 1.64. The van der Waals surface area contributed by atoms with E-state index >= 15 is 0 Å². The summed E-state index contributed by atoms with van der Waals surface area (Å²) in [4.78, 5) is 23.9. The lowest BCUT2D eigenvalue weighted by Gasteiger charge is -2.11. The molecular formula is C18H18F2N4O2S. The van der Waals surface area contributed by atoms with Gasteiger partial charge >= 0.3 is 4.87 Å². The number of nitrogens with zero attached hydrogens (tertiary/aromatic N) is 3. The molecule has 0 radical (unpaired) electrons. The highest BCUT2D eigenvalue weighted by Gasteiger charge is 2.14. The van der Waals surface area contributed by atoms with Crippen LogP contribution in [-0.4, -0.2) is 20.3 Å². The summed E-state index contributed by atoms with van der Waals surface area (Å²) in [6.07, 6.45) is 1.65. The van der Waals surface area contributed by atoms with Gasteiger partial charge in [-0.2, -0.15) is 5.10 Å². The lowest BCUT2D eigenvalue weighted by molar-refractivity contribution is -0.116. The van der Waals surface area contributed by atoms with E-state index in [0.717, 1.165) is 35.2 Å². The second-order valence-electron chi connectivity index (χ2n) is 6.16. The summed E-state index contributed by atoms with van der Waals surface area (Å²) in [5.74, 6) is -0.971. The summed E-state index contributed by atoms with van der Waals surface area (Å²) < 4.78 is 30.2. The maximum atomic E-state index is 13.9. The van der Waals surface area contributed by atoms with Crippen molar-refractivity contribution in [2.75, 3.05) is 5.32 Å². The van der Waals surface area contributed by atoms with Crippen molar-refractivity contribution in [1.82, 2.24) is 14.3 Å². The quantitative estimate of drug-likeness (QED) is 0.701. The van der Waals surface area contributed by atoms with Gasteiger partial charge in [0.25, 0.3) is 0 Å². The first-order valence-corrected chi connectivity index (χ1v) is 9.14. The van der Waals surface area contributed by atoms with Crippen LogP contribution in [0, 0.1) is 25.5 Å². The van der Waals surface area contributed by atoms with Crippen molar-refractivity contribution in [2.24, 2.45) is 0 Å². The standard InChI is InChI=1S/C18H18F2N4O2S/c1-11-8-21-24(9-13-7-14(19)3-4-15(13)20)17(11)22-16(25)5-6-23-12(2)10-27-18(23)26/h3-4,7-8,10H,5-6,9H2,1-2H3,(H,22,25). The van der Waals surface area contributed by atoms with E-state index in [-0.39, 0.29) is 35.9 Å². The van der Waals surface area contributed by atoms with Crippen LogP contribution in [0.2, 0.25) is 0 Å². The van der Waals surface area contributed by atoms with Gasteiger partial charge < -0.3 is 9.88 Å². The Morgan fingerprint density at radius 3 is 2.78 bits per heavy atom. The van der Waals surface area contributed by atoms with Gasteiger partial charge in [0.05, 0.1) is 12.7 Å². The average molecular weight is 392 g/mol. The number of anilines is 1. The van der Waals surface area contributed by atoms with Crippen LogP contribution < -0.4 is 10.2 Å². The van der Waals surface area contributed by atoms with Crippen LogP contribution in [0.5, 0.6) is 0 Å². The van der Waals surface area contributed by atoms with Gasteiger partial charge in [0, 0.05) is 35.2 Å². The molecule has 0 aliphatic rings. The van der Waals surface area contributed by atoms with Crippen LogP contribution in [0.3, 0.4) is 0 Å². The zero-order valence-corrected chi connectivity index (χ0v) is 15.6. The number of benzene rings is 1. The fraction of sp³-hybridized carbons (Fsp3) is 0.278. The number of halogens is 2. The third kappa shape index (κ3) is 4.30. The molecule has 1 amide bonds. The van der Waals surface area contributed by atoms with E-state index in [1.54, 1.807) is 18.5 Å². The summed E-state index contributed by atoms with van der Waals surface area (Å²) in [5, 5.41) is 8.62. The molecule has 0 spiro atoms. The van der Waals surface area contributed by atoms with Crippen LogP contribution in [0.4, 0.5) is 14.6 Å². The third-order valence-electron chi connectivity index (χ3n) is 4.15. The molecule has 0 fully saturated rings. The molecule has 9 heteroatoms. The topological polar surface area (TPSA) is 68.9 Å². The van der Waals surface area contributed by atoms with Gasteiger partial charge in [-0.1, -0.05) is 11.3 Å². The van der Waals surface area contributed by atoms with Gasteiger partial charge in [-0.3, -0.25) is 9.59 Å². The Balaban J connectivity index is 1.72. The fourth-order valence-electron chi connectivity index (χ4n) is 2.67. The van der Waals surface area contributed by atoms with Crippen molar-refractivity contribution < 1.29 is 13.6 Å². The number of rotatable bonds is 6. The smallest absolute Gasteiger partial charge is 0.307 e. The molecule has 0 saturated heterocycles.